The number of thioether (sulfide) groups is 1. The van der Waals surface area contributed by atoms with Crippen molar-refractivity contribution < 1.29 is 9.21 Å². The van der Waals surface area contributed by atoms with Crippen LogP contribution in [0.4, 0.5) is 0 Å². The molecule has 6 heteroatoms. The van der Waals surface area contributed by atoms with Gasteiger partial charge in [-0.1, -0.05) is 12.1 Å². The van der Waals surface area contributed by atoms with Crippen molar-refractivity contribution >= 4 is 39.8 Å². The second-order valence-electron chi connectivity index (χ2n) is 3.58. The lowest BCUT2D eigenvalue weighted by atomic mass is 10.2. The molecule has 0 bridgehead atoms. The molecule has 0 aliphatic carbocycles. The minimum Gasteiger partial charge on any atom is -0.444 e. The zero-order valence-corrected chi connectivity index (χ0v) is 12.5. The minimum atomic E-state index is -0.386. The zero-order valence-electron chi connectivity index (χ0n) is 10.1. The number of nitrogens with zero attached hydrogens (tertiary/aromatic N) is 1. The van der Waals surface area contributed by atoms with Crippen molar-refractivity contribution in [2.24, 2.45) is 5.10 Å². The molecule has 1 aromatic heterocycles. The molecule has 0 aliphatic rings. The van der Waals surface area contributed by atoms with Crippen molar-refractivity contribution in [1.29, 1.82) is 0 Å². The van der Waals surface area contributed by atoms with E-state index in [0.29, 0.717) is 4.67 Å². The first kappa shape index (κ1) is 13.9. The van der Waals surface area contributed by atoms with Gasteiger partial charge in [0.05, 0.1) is 6.21 Å². The largest absolute Gasteiger partial charge is 0.444 e. The van der Waals surface area contributed by atoms with Crippen LogP contribution >= 0.6 is 27.7 Å². The van der Waals surface area contributed by atoms with E-state index in [4.69, 9.17) is 4.42 Å². The van der Waals surface area contributed by atoms with Gasteiger partial charge in [-0.3, -0.25) is 4.79 Å². The van der Waals surface area contributed by atoms with Crippen LogP contribution < -0.4 is 5.43 Å². The molecule has 1 heterocycles. The molecule has 0 saturated carbocycles. The topological polar surface area (TPSA) is 54.6 Å². The number of rotatable bonds is 4. The van der Waals surface area contributed by atoms with Crippen molar-refractivity contribution in [3.63, 3.8) is 0 Å². The van der Waals surface area contributed by atoms with E-state index in [9.17, 15) is 4.79 Å². The number of halogens is 1. The van der Waals surface area contributed by atoms with Crippen LogP contribution in [-0.4, -0.2) is 18.4 Å². The molecule has 0 radical (unpaired) electrons. The number of furan rings is 1. The molecule has 1 amide bonds. The predicted molar refractivity (Wildman–Crippen MR) is 79.7 cm³/mol. The lowest BCUT2D eigenvalue weighted by Gasteiger charge is -1.97. The highest BCUT2D eigenvalue weighted by atomic mass is 79.9. The quantitative estimate of drug-likeness (QED) is 0.527. The summed E-state index contributed by atoms with van der Waals surface area (Å²) in [5.74, 6) is -0.176. The minimum absolute atomic E-state index is 0.210. The molecule has 0 unspecified atom stereocenters. The van der Waals surface area contributed by atoms with E-state index in [1.54, 1.807) is 30.1 Å². The molecular weight excluding hydrogens is 328 g/mol. The van der Waals surface area contributed by atoms with Gasteiger partial charge >= 0.3 is 5.91 Å². The third-order valence-electron chi connectivity index (χ3n) is 2.29. The highest BCUT2D eigenvalue weighted by Gasteiger charge is 2.08. The van der Waals surface area contributed by atoms with E-state index in [0.717, 1.165) is 5.56 Å². The summed E-state index contributed by atoms with van der Waals surface area (Å²) in [6, 6.07) is 11.1. The number of carbonyl (C=O) groups excluding carboxylic acids is 1. The summed E-state index contributed by atoms with van der Waals surface area (Å²) in [6.07, 6.45) is 3.60. The van der Waals surface area contributed by atoms with E-state index in [2.05, 4.69) is 26.5 Å². The second kappa shape index (κ2) is 6.58. The van der Waals surface area contributed by atoms with E-state index >= 15 is 0 Å². The van der Waals surface area contributed by atoms with Gasteiger partial charge in [0.25, 0.3) is 0 Å². The van der Waals surface area contributed by atoms with Crippen LogP contribution in [0.1, 0.15) is 16.1 Å². The van der Waals surface area contributed by atoms with E-state index < -0.39 is 0 Å². The Morgan fingerprint density at radius 3 is 2.63 bits per heavy atom. The molecular formula is C13H11BrN2O2S. The van der Waals surface area contributed by atoms with Crippen LogP contribution in [0.2, 0.25) is 0 Å². The average molecular weight is 339 g/mol. The van der Waals surface area contributed by atoms with Gasteiger partial charge in [-0.25, -0.2) is 5.43 Å². The highest BCUT2D eigenvalue weighted by molar-refractivity contribution is 9.10. The van der Waals surface area contributed by atoms with Gasteiger partial charge < -0.3 is 4.42 Å². The monoisotopic (exact) mass is 338 g/mol. The number of hydrazone groups is 1. The summed E-state index contributed by atoms with van der Waals surface area (Å²) in [7, 11) is 0. The SMILES string of the molecule is CSc1ccc(/C=N\NC(=O)c2ccc(Br)o2)cc1. The number of amides is 1. The van der Waals surface area contributed by atoms with Gasteiger partial charge in [-0.15, -0.1) is 11.8 Å². The van der Waals surface area contributed by atoms with Crippen LogP contribution in [0.3, 0.4) is 0 Å². The Labute approximate surface area is 123 Å². The average Bonchev–Trinajstić information content (AvgIpc) is 2.86. The molecule has 0 aliphatic heterocycles. The van der Waals surface area contributed by atoms with Crippen LogP contribution in [0.15, 0.2) is 55.5 Å². The van der Waals surface area contributed by atoms with E-state index in [-0.39, 0.29) is 11.7 Å². The van der Waals surface area contributed by atoms with Crippen LogP contribution in [0.25, 0.3) is 0 Å². The van der Waals surface area contributed by atoms with Gasteiger partial charge in [0, 0.05) is 4.90 Å². The Kier molecular flexibility index (Phi) is 4.81. The van der Waals surface area contributed by atoms with Gasteiger partial charge in [0.1, 0.15) is 0 Å². The molecule has 0 saturated heterocycles. The Morgan fingerprint density at radius 1 is 1.32 bits per heavy atom. The molecule has 2 rings (SSSR count). The molecule has 0 atom stereocenters. The molecule has 19 heavy (non-hydrogen) atoms. The Balaban J connectivity index is 1.94. The summed E-state index contributed by atoms with van der Waals surface area (Å²) >= 11 is 4.81. The van der Waals surface area contributed by atoms with Gasteiger partial charge in [0.2, 0.25) is 0 Å². The Hall–Kier alpha value is -1.53. The van der Waals surface area contributed by atoms with Gasteiger partial charge in [-0.05, 0) is 52.0 Å². The third kappa shape index (κ3) is 3.97. The van der Waals surface area contributed by atoms with Crippen LogP contribution in [0.5, 0.6) is 0 Å². The predicted octanol–water partition coefficient (Wildman–Crippen LogP) is 3.53. The van der Waals surface area contributed by atoms with Crippen LogP contribution in [-0.2, 0) is 0 Å². The van der Waals surface area contributed by atoms with Crippen molar-refractivity contribution in [2.45, 2.75) is 4.90 Å². The molecule has 1 N–H and O–H groups in total. The van der Waals surface area contributed by atoms with E-state index in [1.807, 2.05) is 30.5 Å². The molecule has 1 aromatic carbocycles. The fourth-order valence-electron chi connectivity index (χ4n) is 1.35. The summed E-state index contributed by atoms with van der Waals surface area (Å²) in [5.41, 5.74) is 3.32. The molecule has 0 fully saturated rings. The number of carbonyl (C=O) groups is 1. The van der Waals surface area contributed by atoms with E-state index in [1.165, 1.54) is 4.90 Å². The first-order valence-electron chi connectivity index (χ1n) is 5.42. The highest BCUT2D eigenvalue weighted by Crippen LogP contribution is 2.14. The summed E-state index contributed by atoms with van der Waals surface area (Å²) in [6.45, 7) is 0. The standard InChI is InChI=1S/C13H11BrN2O2S/c1-19-10-4-2-9(3-5-10)8-15-16-13(17)11-6-7-12(14)18-11/h2-8H,1H3,(H,16,17)/b15-8-. The summed E-state index contributed by atoms with van der Waals surface area (Å²) in [5, 5.41) is 3.88. The Morgan fingerprint density at radius 2 is 2.05 bits per heavy atom. The molecule has 4 nitrogen and oxygen atoms in total. The third-order valence-corrected chi connectivity index (χ3v) is 3.46. The van der Waals surface area contributed by atoms with Crippen molar-refractivity contribution in [1.82, 2.24) is 5.43 Å². The second-order valence-corrected chi connectivity index (χ2v) is 5.24. The maximum Gasteiger partial charge on any atom is 0.307 e. The zero-order chi connectivity index (χ0) is 13.7. The van der Waals surface area contributed by atoms with Gasteiger partial charge in [-0.2, -0.15) is 5.10 Å². The summed E-state index contributed by atoms with van der Waals surface area (Å²) in [4.78, 5) is 12.8. The Bertz CT molecular complexity index is 593. The summed E-state index contributed by atoms with van der Waals surface area (Å²) < 4.78 is 5.61. The molecule has 0 spiro atoms. The fourth-order valence-corrected chi connectivity index (χ4v) is 2.06. The van der Waals surface area contributed by atoms with Crippen molar-refractivity contribution in [3.05, 3.63) is 52.4 Å². The van der Waals surface area contributed by atoms with Crippen LogP contribution in [0, 0.1) is 0 Å². The maximum atomic E-state index is 11.6. The lowest BCUT2D eigenvalue weighted by molar-refractivity contribution is 0.0926. The van der Waals surface area contributed by atoms with Crippen molar-refractivity contribution in [3.8, 4) is 0 Å². The maximum absolute atomic E-state index is 11.6. The van der Waals surface area contributed by atoms with Crippen molar-refractivity contribution in [2.75, 3.05) is 6.26 Å². The smallest absolute Gasteiger partial charge is 0.307 e. The normalized spacial score (nSPS) is 10.8. The first-order chi connectivity index (χ1) is 9.19. The first-order valence-corrected chi connectivity index (χ1v) is 7.43. The number of nitrogens with one attached hydrogen (secondary N) is 1. The molecule has 2 aromatic rings. The number of hydrogen-bond acceptors (Lipinski definition) is 4. The number of benzene rings is 1. The number of hydrogen-bond donors (Lipinski definition) is 1. The fraction of sp³-hybridized carbons (Fsp3) is 0.0769. The lowest BCUT2D eigenvalue weighted by Crippen LogP contribution is -2.16. The molecule has 98 valence electrons. The van der Waals surface area contributed by atoms with Gasteiger partial charge in [0.15, 0.2) is 10.4 Å².